The standard InChI is InChI=1S/C20H23NO/c1-14-12-16(3)19(13-15(14)2)17(4)21-20(22)11-10-18-8-6-5-7-9-18/h5-13,17H,1-4H3,(H,21,22)/b11-10+/t17-/m0/s1. The summed E-state index contributed by atoms with van der Waals surface area (Å²) in [4.78, 5) is 12.1. The highest BCUT2D eigenvalue weighted by Gasteiger charge is 2.11. The number of nitrogens with one attached hydrogen (secondary N) is 1. The van der Waals surface area contributed by atoms with E-state index in [1.54, 1.807) is 6.08 Å². The SMILES string of the molecule is Cc1cc(C)c([C@H](C)NC(=O)/C=C/c2ccccc2)cc1C. The quantitative estimate of drug-likeness (QED) is 0.826. The summed E-state index contributed by atoms with van der Waals surface area (Å²) in [7, 11) is 0. The van der Waals surface area contributed by atoms with Gasteiger partial charge in [0.25, 0.3) is 0 Å². The summed E-state index contributed by atoms with van der Waals surface area (Å²) >= 11 is 0. The lowest BCUT2D eigenvalue weighted by Crippen LogP contribution is -2.25. The second kappa shape index (κ2) is 7.08. The molecule has 0 aliphatic rings. The fourth-order valence-corrected chi connectivity index (χ4v) is 2.52. The van der Waals surface area contributed by atoms with E-state index < -0.39 is 0 Å². The number of amides is 1. The monoisotopic (exact) mass is 293 g/mol. The lowest BCUT2D eigenvalue weighted by molar-refractivity contribution is -0.117. The zero-order chi connectivity index (χ0) is 16.1. The van der Waals surface area contributed by atoms with Gasteiger partial charge in [0.1, 0.15) is 0 Å². The predicted octanol–water partition coefficient (Wildman–Crippen LogP) is 4.50. The molecule has 2 aromatic carbocycles. The zero-order valence-electron chi connectivity index (χ0n) is 13.7. The molecule has 1 atom stereocenters. The van der Waals surface area contributed by atoms with Gasteiger partial charge in [0, 0.05) is 6.08 Å². The summed E-state index contributed by atoms with van der Waals surface area (Å²) in [5.41, 5.74) is 5.94. The van der Waals surface area contributed by atoms with Crippen LogP contribution in [0.5, 0.6) is 0 Å². The number of hydrogen-bond donors (Lipinski definition) is 1. The summed E-state index contributed by atoms with van der Waals surface area (Å²) in [6.45, 7) is 8.32. The lowest BCUT2D eigenvalue weighted by atomic mass is 9.96. The summed E-state index contributed by atoms with van der Waals surface area (Å²) < 4.78 is 0. The van der Waals surface area contributed by atoms with E-state index in [9.17, 15) is 4.79 Å². The Hall–Kier alpha value is -2.35. The Morgan fingerprint density at radius 1 is 1.00 bits per heavy atom. The van der Waals surface area contributed by atoms with Crippen molar-refractivity contribution in [3.63, 3.8) is 0 Å². The normalized spacial score (nSPS) is 12.4. The van der Waals surface area contributed by atoms with Gasteiger partial charge in [0.05, 0.1) is 6.04 Å². The summed E-state index contributed by atoms with van der Waals surface area (Å²) in [6, 6.07) is 14.1. The van der Waals surface area contributed by atoms with Crippen LogP contribution in [0.25, 0.3) is 6.08 Å². The number of carbonyl (C=O) groups excluding carboxylic acids is 1. The maximum absolute atomic E-state index is 12.1. The molecule has 0 radical (unpaired) electrons. The summed E-state index contributed by atoms with van der Waals surface area (Å²) in [5.74, 6) is -0.0750. The Kier molecular flexibility index (Phi) is 5.16. The Bertz CT molecular complexity index is 686. The van der Waals surface area contributed by atoms with E-state index in [0.29, 0.717) is 0 Å². The molecule has 22 heavy (non-hydrogen) atoms. The molecular weight excluding hydrogens is 270 g/mol. The molecule has 1 N–H and O–H groups in total. The van der Waals surface area contributed by atoms with E-state index in [-0.39, 0.29) is 11.9 Å². The second-order valence-electron chi connectivity index (χ2n) is 5.77. The predicted molar refractivity (Wildman–Crippen MR) is 92.7 cm³/mol. The molecule has 0 saturated heterocycles. The van der Waals surface area contributed by atoms with Gasteiger partial charge >= 0.3 is 0 Å². The molecule has 0 spiro atoms. The van der Waals surface area contributed by atoms with Crippen molar-refractivity contribution in [2.24, 2.45) is 0 Å². The minimum atomic E-state index is -0.0750. The highest BCUT2D eigenvalue weighted by atomic mass is 16.1. The number of hydrogen-bond acceptors (Lipinski definition) is 1. The van der Waals surface area contributed by atoms with Crippen molar-refractivity contribution in [3.05, 3.63) is 76.4 Å². The molecule has 0 saturated carbocycles. The van der Waals surface area contributed by atoms with Crippen molar-refractivity contribution < 1.29 is 4.79 Å². The Balaban J connectivity index is 2.05. The van der Waals surface area contributed by atoms with E-state index in [2.05, 4.69) is 38.2 Å². The van der Waals surface area contributed by atoms with Crippen LogP contribution in [-0.4, -0.2) is 5.91 Å². The zero-order valence-corrected chi connectivity index (χ0v) is 13.7. The van der Waals surface area contributed by atoms with Gasteiger partial charge in [-0.25, -0.2) is 0 Å². The third kappa shape index (κ3) is 4.08. The summed E-state index contributed by atoms with van der Waals surface area (Å²) in [5, 5.41) is 3.03. The van der Waals surface area contributed by atoms with Gasteiger partial charge in [-0.15, -0.1) is 0 Å². The van der Waals surface area contributed by atoms with Crippen molar-refractivity contribution in [2.75, 3.05) is 0 Å². The summed E-state index contributed by atoms with van der Waals surface area (Å²) in [6.07, 6.45) is 3.41. The molecule has 1 amide bonds. The largest absolute Gasteiger partial charge is 0.346 e. The van der Waals surface area contributed by atoms with Crippen LogP contribution < -0.4 is 5.32 Å². The number of benzene rings is 2. The van der Waals surface area contributed by atoms with E-state index in [0.717, 1.165) is 5.56 Å². The highest BCUT2D eigenvalue weighted by Crippen LogP contribution is 2.21. The smallest absolute Gasteiger partial charge is 0.244 e. The van der Waals surface area contributed by atoms with Crippen LogP contribution in [0.15, 0.2) is 48.5 Å². The minimum Gasteiger partial charge on any atom is -0.346 e. The van der Waals surface area contributed by atoms with Crippen LogP contribution in [0.3, 0.4) is 0 Å². The molecule has 0 aliphatic heterocycles. The first kappa shape index (κ1) is 16.0. The molecular formula is C20H23NO. The van der Waals surface area contributed by atoms with Gasteiger partial charge in [-0.2, -0.15) is 0 Å². The molecule has 0 fully saturated rings. The average molecular weight is 293 g/mol. The molecule has 2 aromatic rings. The van der Waals surface area contributed by atoms with Gasteiger partial charge in [0.2, 0.25) is 5.91 Å². The van der Waals surface area contributed by atoms with Crippen molar-refractivity contribution >= 4 is 12.0 Å². The van der Waals surface area contributed by atoms with Gasteiger partial charge in [-0.3, -0.25) is 4.79 Å². The minimum absolute atomic E-state index is 0.00720. The first-order chi connectivity index (χ1) is 10.5. The van der Waals surface area contributed by atoms with Crippen molar-refractivity contribution in [3.8, 4) is 0 Å². The maximum atomic E-state index is 12.1. The Morgan fingerprint density at radius 2 is 1.64 bits per heavy atom. The highest BCUT2D eigenvalue weighted by molar-refractivity contribution is 5.92. The topological polar surface area (TPSA) is 29.1 Å². The van der Waals surface area contributed by atoms with Gasteiger partial charge in [-0.05, 0) is 61.6 Å². The van der Waals surface area contributed by atoms with E-state index in [1.807, 2.05) is 43.3 Å². The fourth-order valence-electron chi connectivity index (χ4n) is 2.52. The Morgan fingerprint density at radius 3 is 2.32 bits per heavy atom. The second-order valence-corrected chi connectivity index (χ2v) is 5.77. The molecule has 0 aromatic heterocycles. The molecule has 2 heteroatoms. The van der Waals surface area contributed by atoms with E-state index in [4.69, 9.17) is 0 Å². The van der Waals surface area contributed by atoms with E-state index >= 15 is 0 Å². The first-order valence-corrected chi connectivity index (χ1v) is 7.58. The van der Waals surface area contributed by atoms with Crippen molar-refractivity contribution in [1.82, 2.24) is 5.32 Å². The first-order valence-electron chi connectivity index (χ1n) is 7.58. The third-order valence-corrected chi connectivity index (χ3v) is 3.93. The van der Waals surface area contributed by atoms with Crippen molar-refractivity contribution in [2.45, 2.75) is 33.7 Å². The Labute approximate surface area is 132 Å². The van der Waals surface area contributed by atoms with Crippen LogP contribution in [0.1, 0.15) is 40.8 Å². The number of rotatable bonds is 4. The number of aryl methyl sites for hydroxylation is 3. The number of carbonyl (C=O) groups is 1. The van der Waals surface area contributed by atoms with Crippen LogP contribution >= 0.6 is 0 Å². The lowest BCUT2D eigenvalue weighted by Gasteiger charge is -2.17. The average Bonchev–Trinajstić information content (AvgIpc) is 2.50. The molecule has 2 rings (SSSR count). The van der Waals surface area contributed by atoms with Gasteiger partial charge in [0.15, 0.2) is 0 Å². The van der Waals surface area contributed by atoms with Crippen molar-refractivity contribution in [1.29, 1.82) is 0 Å². The fraction of sp³-hybridized carbons (Fsp3) is 0.250. The molecule has 0 bridgehead atoms. The molecule has 2 nitrogen and oxygen atoms in total. The maximum Gasteiger partial charge on any atom is 0.244 e. The van der Waals surface area contributed by atoms with Crippen LogP contribution in [0.2, 0.25) is 0 Å². The van der Waals surface area contributed by atoms with Crippen LogP contribution in [-0.2, 0) is 4.79 Å². The van der Waals surface area contributed by atoms with Crippen LogP contribution in [0.4, 0.5) is 0 Å². The van der Waals surface area contributed by atoms with Gasteiger partial charge in [-0.1, -0.05) is 42.5 Å². The van der Waals surface area contributed by atoms with Crippen LogP contribution in [0, 0.1) is 20.8 Å². The van der Waals surface area contributed by atoms with E-state index in [1.165, 1.54) is 22.3 Å². The molecule has 0 aliphatic carbocycles. The molecule has 114 valence electrons. The van der Waals surface area contributed by atoms with Gasteiger partial charge < -0.3 is 5.32 Å². The molecule has 0 unspecified atom stereocenters. The third-order valence-electron chi connectivity index (χ3n) is 3.93. The molecule has 0 heterocycles.